The van der Waals surface area contributed by atoms with E-state index < -0.39 is 11.2 Å². The van der Waals surface area contributed by atoms with E-state index in [9.17, 15) is 14.7 Å². The molecule has 0 saturated carbocycles. The number of nitrogens with zero attached hydrogens (tertiary/aromatic N) is 1. The highest BCUT2D eigenvalue weighted by Crippen LogP contribution is 2.24. The van der Waals surface area contributed by atoms with E-state index in [1.807, 2.05) is 4.90 Å². The number of aromatic hydroxyl groups is 1. The average molecular weight is 311 g/mol. The first kappa shape index (κ1) is 16.5. The van der Waals surface area contributed by atoms with Gasteiger partial charge in [0.2, 0.25) is 11.2 Å². The number of carbonyl (C=O) groups excluding carboxylic acids is 1. The van der Waals surface area contributed by atoms with Crippen LogP contribution >= 0.6 is 0 Å². The Balaban J connectivity index is 1.95. The van der Waals surface area contributed by atoms with Gasteiger partial charge in [0.1, 0.15) is 12.4 Å². The summed E-state index contributed by atoms with van der Waals surface area (Å²) in [6, 6.07) is 1.08. The lowest BCUT2D eigenvalue weighted by atomic mass is 9.93. The highest BCUT2D eigenvalue weighted by Gasteiger charge is 2.23. The number of rotatable bonds is 5. The van der Waals surface area contributed by atoms with E-state index in [1.165, 1.54) is 7.11 Å². The van der Waals surface area contributed by atoms with Gasteiger partial charge in [0, 0.05) is 12.5 Å². The minimum absolute atomic E-state index is 0.137. The zero-order chi connectivity index (χ0) is 16.1. The Bertz CT molecular complexity index is 574. The number of methoxy groups -OCH3 is 1. The summed E-state index contributed by atoms with van der Waals surface area (Å²) < 4.78 is 10.0. The third-order valence-corrected chi connectivity index (χ3v) is 3.96. The summed E-state index contributed by atoms with van der Waals surface area (Å²) in [5, 5.41) is 18.8. The number of hydrogen-bond acceptors (Lipinski definition) is 7. The Morgan fingerprint density at radius 2 is 2.14 bits per heavy atom. The van der Waals surface area contributed by atoms with E-state index in [-0.39, 0.29) is 24.1 Å². The van der Waals surface area contributed by atoms with Crippen LogP contribution in [0.1, 0.15) is 30.8 Å². The van der Waals surface area contributed by atoms with Crippen molar-refractivity contribution in [3.8, 4) is 5.75 Å². The lowest BCUT2D eigenvalue weighted by Crippen LogP contribution is -2.34. The number of aliphatic hydroxyl groups is 1. The number of aliphatic hydroxyl groups excluding tert-OH is 1. The molecule has 2 heterocycles. The minimum Gasteiger partial charge on any atom is -0.502 e. The second kappa shape index (κ2) is 7.42. The smallest absolute Gasteiger partial charge is 0.305 e. The normalized spacial score (nSPS) is 16.6. The number of hydrogen-bond donors (Lipinski definition) is 2. The molecule has 0 spiro atoms. The Hall–Kier alpha value is -1.86. The van der Waals surface area contributed by atoms with Crippen molar-refractivity contribution in [1.29, 1.82) is 0 Å². The van der Waals surface area contributed by atoms with Gasteiger partial charge in [-0.3, -0.25) is 14.5 Å². The Kier molecular flexibility index (Phi) is 5.57. The van der Waals surface area contributed by atoms with Crippen LogP contribution in [0.3, 0.4) is 0 Å². The van der Waals surface area contributed by atoms with Crippen LogP contribution in [0.15, 0.2) is 15.3 Å². The Morgan fingerprint density at radius 3 is 2.73 bits per heavy atom. The van der Waals surface area contributed by atoms with E-state index in [1.54, 1.807) is 0 Å². The Labute approximate surface area is 128 Å². The minimum atomic E-state index is -0.550. The average Bonchev–Trinajstić information content (AvgIpc) is 2.53. The second-order valence-corrected chi connectivity index (χ2v) is 5.51. The topological polar surface area (TPSA) is 100 Å². The maximum absolute atomic E-state index is 11.6. The van der Waals surface area contributed by atoms with Crippen molar-refractivity contribution in [2.75, 3.05) is 20.2 Å². The summed E-state index contributed by atoms with van der Waals surface area (Å²) in [6.07, 6.45) is 2.12. The summed E-state index contributed by atoms with van der Waals surface area (Å²) in [6.45, 7) is 1.41. The molecule has 0 bridgehead atoms. The lowest BCUT2D eigenvalue weighted by Gasteiger charge is -2.31. The molecule has 1 aromatic heterocycles. The van der Waals surface area contributed by atoms with Crippen LogP contribution in [0.5, 0.6) is 5.75 Å². The largest absolute Gasteiger partial charge is 0.502 e. The molecule has 1 fully saturated rings. The van der Waals surface area contributed by atoms with Crippen LogP contribution in [0.4, 0.5) is 0 Å². The molecule has 0 amide bonds. The number of esters is 1. The highest BCUT2D eigenvalue weighted by molar-refractivity contribution is 5.69. The molecule has 1 saturated heterocycles. The first-order valence-corrected chi connectivity index (χ1v) is 7.28. The zero-order valence-corrected chi connectivity index (χ0v) is 12.6. The number of ether oxygens (including phenoxy) is 1. The molecule has 0 radical (unpaired) electrons. The molecular formula is C15H21NO6. The molecule has 1 aliphatic rings. The van der Waals surface area contributed by atoms with Crippen molar-refractivity contribution in [2.24, 2.45) is 5.92 Å². The van der Waals surface area contributed by atoms with E-state index in [2.05, 4.69) is 4.74 Å². The van der Waals surface area contributed by atoms with Gasteiger partial charge in [0.05, 0.1) is 13.7 Å². The quantitative estimate of drug-likeness (QED) is 0.768. The summed E-state index contributed by atoms with van der Waals surface area (Å²) in [7, 11) is 1.39. The SMILES string of the molecule is COC(=O)CC1CCN(Cc2oc(CO)cc(=O)c2O)CC1. The fraction of sp³-hybridized carbons (Fsp3) is 0.600. The van der Waals surface area contributed by atoms with E-state index in [0.717, 1.165) is 32.0 Å². The third kappa shape index (κ3) is 4.08. The van der Waals surface area contributed by atoms with Gasteiger partial charge in [0.25, 0.3) is 0 Å². The molecule has 7 nitrogen and oxygen atoms in total. The molecule has 0 atom stereocenters. The molecule has 0 unspecified atom stereocenters. The molecule has 2 N–H and O–H groups in total. The molecule has 7 heteroatoms. The second-order valence-electron chi connectivity index (χ2n) is 5.51. The maximum Gasteiger partial charge on any atom is 0.305 e. The van der Waals surface area contributed by atoms with Gasteiger partial charge in [-0.15, -0.1) is 0 Å². The number of likely N-dealkylation sites (tertiary alicyclic amines) is 1. The third-order valence-electron chi connectivity index (χ3n) is 3.96. The van der Waals surface area contributed by atoms with Crippen molar-refractivity contribution in [1.82, 2.24) is 4.90 Å². The summed E-state index contributed by atoms with van der Waals surface area (Å²) in [4.78, 5) is 24.9. The van der Waals surface area contributed by atoms with Crippen molar-refractivity contribution >= 4 is 5.97 Å². The summed E-state index contributed by atoms with van der Waals surface area (Å²) in [5.41, 5.74) is -0.550. The molecule has 1 aromatic rings. The van der Waals surface area contributed by atoms with Crippen LogP contribution in [-0.2, 0) is 22.7 Å². The fourth-order valence-electron chi connectivity index (χ4n) is 2.64. The van der Waals surface area contributed by atoms with Crippen LogP contribution in [0.25, 0.3) is 0 Å². The van der Waals surface area contributed by atoms with E-state index >= 15 is 0 Å². The standard InChI is InChI=1S/C15H21NO6/c1-21-14(19)6-10-2-4-16(5-3-10)8-13-15(20)12(18)7-11(9-17)22-13/h7,10,17,20H,2-6,8-9H2,1H3. The monoisotopic (exact) mass is 311 g/mol. The van der Waals surface area contributed by atoms with Crippen LogP contribution < -0.4 is 5.43 Å². The van der Waals surface area contributed by atoms with Crippen LogP contribution in [0, 0.1) is 5.92 Å². The van der Waals surface area contributed by atoms with E-state index in [0.29, 0.717) is 18.9 Å². The van der Waals surface area contributed by atoms with Crippen molar-refractivity contribution < 1.29 is 24.2 Å². The van der Waals surface area contributed by atoms with Gasteiger partial charge >= 0.3 is 5.97 Å². The molecular weight excluding hydrogens is 290 g/mol. The molecule has 0 aliphatic carbocycles. The predicted octanol–water partition coefficient (Wildman–Crippen LogP) is 0.613. The number of piperidine rings is 1. The van der Waals surface area contributed by atoms with Gasteiger partial charge in [-0.25, -0.2) is 0 Å². The van der Waals surface area contributed by atoms with Crippen molar-refractivity contribution in [3.05, 3.63) is 27.8 Å². The van der Waals surface area contributed by atoms with E-state index in [4.69, 9.17) is 9.52 Å². The molecule has 22 heavy (non-hydrogen) atoms. The molecule has 0 aromatic carbocycles. The van der Waals surface area contributed by atoms with Gasteiger partial charge < -0.3 is 19.4 Å². The summed E-state index contributed by atoms with van der Waals surface area (Å²) in [5.74, 6) is 0.000971. The zero-order valence-electron chi connectivity index (χ0n) is 12.6. The van der Waals surface area contributed by atoms with Gasteiger partial charge in [0.15, 0.2) is 5.76 Å². The van der Waals surface area contributed by atoms with Gasteiger partial charge in [-0.1, -0.05) is 0 Å². The molecule has 1 aliphatic heterocycles. The Morgan fingerprint density at radius 1 is 1.45 bits per heavy atom. The molecule has 122 valence electrons. The fourth-order valence-corrected chi connectivity index (χ4v) is 2.64. The first-order chi connectivity index (χ1) is 10.5. The molecule has 2 rings (SSSR count). The predicted molar refractivity (Wildman–Crippen MR) is 77.2 cm³/mol. The first-order valence-electron chi connectivity index (χ1n) is 7.28. The highest BCUT2D eigenvalue weighted by atomic mass is 16.5. The van der Waals surface area contributed by atoms with Crippen molar-refractivity contribution in [3.63, 3.8) is 0 Å². The van der Waals surface area contributed by atoms with Crippen molar-refractivity contribution in [2.45, 2.75) is 32.4 Å². The summed E-state index contributed by atoms with van der Waals surface area (Å²) >= 11 is 0. The van der Waals surface area contributed by atoms with Crippen LogP contribution in [-0.4, -0.2) is 41.3 Å². The van der Waals surface area contributed by atoms with Gasteiger partial charge in [-0.05, 0) is 31.8 Å². The maximum atomic E-state index is 11.6. The van der Waals surface area contributed by atoms with Crippen LogP contribution in [0.2, 0.25) is 0 Å². The van der Waals surface area contributed by atoms with Gasteiger partial charge in [-0.2, -0.15) is 0 Å². The number of carbonyl (C=O) groups is 1. The lowest BCUT2D eigenvalue weighted by molar-refractivity contribution is -0.142.